The van der Waals surface area contributed by atoms with Crippen LogP contribution in [0.25, 0.3) is 0 Å². The Morgan fingerprint density at radius 2 is 1.84 bits per heavy atom. The lowest BCUT2D eigenvalue weighted by Crippen LogP contribution is -2.48. The quantitative estimate of drug-likeness (QED) is 0.631. The Labute approximate surface area is 183 Å². The minimum Gasteiger partial charge on any atom is -0.493 e. The second-order valence-electron chi connectivity index (χ2n) is 8.59. The van der Waals surface area contributed by atoms with Gasteiger partial charge in [0.05, 0.1) is 54.0 Å². The molecule has 0 saturated carbocycles. The molecule has 166 valence electrons. The molecular weight excluding hydrogens is 398 g/mol. The lowest BCUT2D eigenvalue weighted by atomic mass is 9.86. The van der Waals surface area contributed by atoms with Crippen molar-refractivity contribution in [2.24, 2.45) is 0 Å². The highest BCUT2D eigenvalue weighted by Crippen LogP contribution is 2.51. The fourth-order valence-corrected chi connectivity index (χ4v) is 4.62. The monoisotopic (exact) mass is 428 g/mol. The number of quaternary nitrogens is 1. The summed E-state index contributed by atoms with van der Waals surface area (Å²) in [5.41, 5.74) is 3.13. The summed E-state index contributed by atoms with van der Waals surface area (Å²) in [6.07, 6.45) is 1.64. The fraction of sp³-hybridized carbons (Fsp3) is 0.458. The van der Waals surface area contributed by atoms with Crippen LogP contribution in [0.4, 0.5) is 0 Å². The highest BCUT2D eigenvalue weighted by atomic mass is 16.7. The zero-order valence-electron chi connectivity index (χ0n) is 18.8. The summed E-state index contributed by atoms with van der Waals surface area (Å²) in [5.74, 6) is 3.49. The van der Waals surface area contributed by atoms with Crippen LogP contribution in [0.2, 0.25) is 0 Å². The summed E-state index contributed by atoms with van der Waals surface area (Å²) in [4.78, 5) is 13.2. The summed E-state index contributed by atoms with van der Waals surface area (Å²) in [6.45, 7) is 1.12. The molecule has 0 aromatic heterocycles. The third-order valence-corrected chi connectivity index (χ3v) is 6.35. The van der Waals surface area contributed by atoms with Crippen LogP contribution in [0.1, 0.15) is 29.2 Å². The van der Waals surface area contributed by atoms with Gasteiger partial charge in [-0.3, -0.25) is 4.79 Å². The van der Waals surface area contributed by atoms with Crippen molar-refractivity contribution in [3.63, 3.8) is 0 Å². The van der Waals surface area contributed by atoms with Crippen molar-refractivity contribution in [1.82, 2.24) is 0 Å². The van der Waals surface area contributed by atoms with Crippen molar-refractivity contribution in [3.8, 4) is 28.7 Å². The summed E-state index contributed by atoms with van der Waals surface area (Å²) in [6, 6.07) is 7.63. The molecule has 7 nitrogen and oxygen atoms in total. The van der Waals surface area contributed by atoms with Gasteiger partial charge >= 0.3 is 0 Å². The van der Waals surface area contributed by atoms with Crippen molar-refractivity contribution in [1.29, 1.82) is 0 Å². The maximum absolute atomic E-state index is 13.2. The minimum atomic E-state index is -0.0270. The number of carbonyl (C=O) groups excluding carboxylic acids is 1. The Balaban J connectivity index is 1.63. The molecule has 7 heteroatoms. The molecule has 2 aliphatic heterocycles. The molecule has 0 N–H and O–H groups in total. The molecular formula is C24H30NO6+. The zero-order valence-corrected chi connectivity index (χ0v) is 18.8. The maximum atomic E-state index is 13.2. The number of hydrogen-bond donors (Lipinski definition) is 0. The van der Waals surface area contributed by atoms with Crippen molar-refractivity contribution in [3.05, 3.63) is 41.0 Å². The van der Waals surface area contributed by atoms with E-state index in [-0.39, 0.29) is 18.6 Å². The Bertz CT molecular complexity index is 1000. The number of carbonyl (C=O) groups is 1. The fourth-order valence-electron chi connectivity index (χ4n) is 4.62. The third-order valence-electron chi connectivity index (χ3n) is 6.35. The topological polar surface area (TPSA) is 63.2 Å². The Kier molecular flexibility index (Phi) is 5.71. The van der Waals surface area contributed by atoms with Gasteiger partial charge in [0.1, 0.15) is 11.8 Å². The van der Waals surface area contributed by atoms with Crippen molar-refractivity contribution in [2.75, 3.05) is 48.8 Å². The van der Waals surface area contributed by atoms with Crippen LogP contribution < -0.4 is 23.7 Å². The number of nitrogens with zero attached hydrogens (tertiary/aromatic N) is 1. The summed E-state index contributed by atoms with van der Waals surface area (Å²) in [5, 5.41) is 0. The number of methoxy groups -OCH3 is 3. The van der Waals surface area contributed by atoms with E-state index >= 15 is 0 Å². The number of hydrogen-bond acceptors (Lipinski definition) is 6. The number of rotatable bonds is 7. The summed E-state index contributed by atoms with van der Waals surface area (Å²) in [7, 11) is 9.18. The van der Waals surface area contributed by atoms with Gasteiger partial charge in [-0.1, -0.05) is 6.07 Å². The largest absolute Gasteiger partial charge is 0.493 e. The molecule has 0 aliphatic carbocycles. The normalized spacial score (nSPS) is 18.3. The predicted molar refractivity (Wildman–Crippen MR) is 115 cm³/mol. The molecule has 2 aromatic rings. The maximum Gasteiger partial charge on any atom is 0.231 e. The van der Waals surface area contributed by atoms with Gasteiger partial charge in [0, 0.05) is 12.8 Å². The first-order valence-electron chi connectivity index (χ1n) is 10.4. The van der Waals surface area contributed by atoms with E-state index in [0.717, 1.165) is 29.8 Å². The Morgan fingerprint density at radius 1 is 1.06 bits per heavy atom. The van der Waals surface area contributed by atoms with E-state index in [1.54, 1.807) is 21.3 Å². The first kappa shape index (κ1) is 21.3. The molecule has 0 unspecified atom stereocenters. The lowest BCUT2D eigenvalue weighted by molar-refractivity contribution is -0.922. The summed E-state index contributed by atoms with van der Waals surface area (Å²) < 4.78 is 28.4. The van der Waals surface area contributed by atoms with Gasteiger partial charge in [-0.2, -0.15) is 0 Å². The smallest absolute Gasteiger partial charge is 0.231 e. The molecule has 31 heavy (non-hydrogen) atoms. The molecule has 2 heterocycles. The van der Waals surface area contributed by atoms with Gasteiger partial charge < -0.3 is 28.2 Å². The predicted octanol–water partition coefficient (Wildman–Crippen LogP) is 3.32. The van der Waals surface area contributed by atoms with E-state index in [1.807, 2.05) is 24.3 Å². The molecule has 1 atom stereocenters. The molecule has 4 rings (SSSR count). The van der Waals surface area contributed by atoms with Crippen LogP contribution in [0.5, 0.6) is 28.7 Å². The van der Waals surface area contributed by atoms with Gasteiger partial charge in [0.25, 0.3) is 0 Å². The Hall–Kier alpha value is -2.93. The van der Waals surface area contributed by atoms with Crippen LogP contribution in [-0.2, 0) is 17.6 Å². The van der Waals surface area contributed by atoms with Crippen LogP contribution in [0.15, 0.2) is 24.3 Å². The van der Waals surface area contributed by atoms with E-state index in [0.29, 0.717) is 40.3 Å². The standard InChI is InChI=1S/C24H30NO6/c1-25(2)9-8-16-12-21-23(31-14-30-21)24(29-5)22(16)18(25)13-17(26)10-15-6-7-19(27-3)20(11-15)28-4/h6-7,11-12,18H,8-10,13-14H2,1-5H3/q+1/t18-/m1/s1. The van der Waals surface area contributed by atoms with Gasteiger partial charge in [-0.05, 0) is 29.3 Å². The van der Waals surface area contributed by atoms with E-state index < -0.39 is 0 Å². The first-order valence-corrected chi connectivity index (χ1v) is 10.4. The van der Waals surface area contributed by atoms with E-state index in [4.69, 9.17) is 23.7 Å². The van der Waals surface area contributed by atoms with Gasteiger partial charge in [-0.15, -0.1) is 0 Å². The van der Waals surface area contributed by atoms with Crippen LogP contribution in [0, 0.1) is 0 Å². The third kappa shape index (κ3) is 3.90. The summed E-state index contributed by atoms with van der Waals surface area (Å²) >= 11 is 0. The minimum absolute atomic E-state index is 0.0270. The van der Waals surface area contributed by atoms with Crippen molar-refractivity contribution >= 4 is 5.78 Å². The molecule has 0 fully saturated rings. The number of fused-ring (bicyclic) bond motifs is 2. The number of Topliss-reactive ketones (excluding diaryl/α,β-unsaturated/α-hetero) is 1. The van der Waals surface area contributed by atoms with Gasteiger partial charge in [0.15, 0.2) is 23.0 Å². The van der Waals surface area contributed by atoms with E-state index in [1.165, 1.54) is 5.56 Å². The molecule has 0 radical (unpaired) electrons. The lowest BCUT2D eigenvalue weighted by Gasteiger charge is -2.43. The number of likely N-dealkylation sites (N-methyl/N-ethyl adjacent to an activating group) is 1. The van der Waals surface area contributed by atoms with Crippen LogP contribution >= 0.6 is 0 Å². The average molecular weight is 429 g/mol. The van der Waals surface area contributed by atoms with Gasteiger partial charge in [-0.25, -0.2) is 0 Å². The second kappa shape index (κ2) is 8.30. The van der Waals surface area contributed by atoms with Crippen LogP contribution in [-0.4, -0.2) is 59.0 Å². The molecule has 0 amide bonds. The van der Waals surface area contributed by atoms with Crippen molar-refractivity contribution in [2.45, 2.75) is 25.3 Å². The van der Waals surface area contributed by atoms with Crippen LogP contribution in [0.3, 0.4) is 0 Å². The van der Waals surface area contributed by atoms with E-state index in [9.17, 15) is 4.79 Å². The zero-order chi connectivity index (χ0) is 22.2. The first-order chi connectivity index (χ1) is 14.9. The molecule has 0 bridgehead atoms. The highest BCUT2D eigenvalue weighted by molar-refractivity contribution is 5.82. The number of ketones is 1. The molecule has 2 aliphatic rings. The number of ether oxygens (including phenoxy) is 5. The highest BCUT2D eigenvalue weighted by Gasteiger charge is 2.42. The van der Waals surface area contributed by atoms with Gasteiger partial charge in [0.2, 0.25) is 12.5 Å². The van der Waals surface area contributed by atoms with Crippen molar-refractivity contribution < 1.29 is 33.0 Å². The molecule has 0 saturated heterocycles. The Morgan fingerprint density at radius 3 is 2.55 bits per heavy atom. The SMILES string of the molecule is COc1ccc(CC(=O)C[C@@H]2c3c(cc4c(c3OC)OCO4)CC[N+]2(C)C)cc1OC. The molecule has 2 aromatic carbocycles. The second-order valence-corrected chi connectivity index (χ2v) is 8.59. The van der Waals surface area contributed by atoms with E-state index in [2.05, 4.69) is 14.1 Å². The number of benzene rings is 2. The molecule has 0 spiro atoms. The average Bonchev–Trinajstić information content (AvgIpc) is 3.22.